The Bertz CT molecular complexity index is 1600. The van der Waals surface area contributed by atoms with Crippen LogP contribution in [-0.2, 0) is 26.2 Å². The summed E-state index contributed by atoms with van der Waals surface area (Å²) in [5, 5.41) is 10.4. The summed E-state index contributed by atoms with van der Waals surface area (Å²) in [7, 11) is -1.44. The van der Waals surface area contributed by atoms with Gasteiger partial charge in [0.1, 0.15) is 28.6 Å². The molecule has 1 aliphatic carbocycles. The minimum Gasteiger partial charge on any atom is -0.480 e. The molecular weight excluding hydrogens is 644 g/mol. The lowest BCUT2D eigenvalue weighted by atomic mass is 9.84. The number of carbonyl (C=O) groups excluding carboxylic acids is 2. The number of halogens is 1. The van der Waals surface area contributed by atoms with E-state index >= 15 is 4.39 Å². The number of rotatable bonds is 12. The van der Waals surface area contributed by atoms with Crippen LogP contribution in [0.25, 0.3) is 0 Å². The van der Waals surface area contributed by atoms with Crippen LogP contribution in [0.1, 0.15) is 55.7 Å². The Hall–Kier alpha value is -3.80. The number of amides is 1. The molecule has 1 aliphatic heterocycles. The number of aliphatic carboxylic acids is 1. The van der Waals surface area contributed by atoms with Crippen LogP contribution in [0.5, 0.6) is 5.88 Å². The highest BCUT2D eigenvalue weighted by molar-refractivity contribution is 8.15. The standard InChI is InChI=1S/C33H41FN4O7SSi/c1-9-12-44-27-19-35-24(18-36-27)25(39)16-21-10-11-23(34)22(15-21)32(5)26-17-33(26,28(40)41)46-29(37-32)38(30(42)45-31(2,3)4)20-43-13-14-47(6,7)8/h1,10-11,15,18-19,26H,12-14,16-17,20H2,2-8H3,(H,40,41)/t26-,32+,33-/m0/s1. The van der Waals surface area contributed by atoms with Crippen LogP contribution < -0.4 is 4.74 Å². The van der Waals surface area contributed by atoms with E-state index < -0.39 is 47.8 Å². The number of amidine groups is 1. The van der Waals surface area contributed by atoms with Crippen molar-refractivity contribution < 1.29 is 38.1 Å². The maximum absolute atomic E-state index is 15.7. The topological polar surface area (TPSA) is 141 Å². The molecule has 11 nitrogen and oxygen atoms in total. The average Bonchev–Trinajstić information content (AvgIpc) is 3.73. The summed E-state index contributed by atoms with van der Waals surface area (Å²) in [4.78, 5) is 53.5. The van der Waals surface area contributed by atoms with Gasteiger partial charge in [0.25, 0.3) is 0 Å². The van der Waals surface area contributed by atoms with Crippen LogP contribution >= 0.6 is 11.8 Å². The van der Waals surface area contributed by atoms with E-state index in [4.69, 9.17) is 25.6 Å². The van der Waals surface area contributed by atoms with E-state index in [1.54, 1.807) is 27.7 Å². The van der Waals surface area contributed by atoms with Crippen LogP contribution in [0.4, 0.5) is 9.18 Å². The third-order valence-electron chi connectivity index (χ3n) is 7.77. The van der Waals surface area contributed by atoms with E-state index in [-0.39, 0.29) is 54.3 Å². The lowest BCUT2D eigenvalue weighted by molar-refractivity contribution is -0.137. The molecule has 252 valence electrons. The largest absolute Gasteiger partial charge is 0.480 e. The Balaban J connectivity index is 1.68. The maximum Gasteiger partial charge on any atom is 0.418 e. The van der Waals surface area contributed by atoms with Crippen molar-refractivity contribution in [2.24, 2.45) is 10.9 Å². The first-order valence-corrected chi connectivity index (χ1v) is 19.7. The number of ketones is 1. The van der Waals surface area contributed by atoms with E-state index in [0.29, 0.717) is 12.2 Å². The summed E-state index contributed by atoms with van der Waals surface area (Å²) in [6, 6.07) is 5.09. The lowest BCUT2D eigenvalue weighted by Crippen LogP contribution is -2.47. The average molecular weight is 685 g/mol. The third kappa shape index (κ3) is 8.57. The van der Waals surface area contributed by atoms with Gasteiger partial charge in [-0.1, -0.05) is 43.4 Å². The summed E-state index contributed by atoms with van der Waals surface area (Å²) in [5.74, 6) is -0.168. The normalized spacial score (nSPS) is 21.9. The number of hydrogen-bond donors (Lipinski definition) is 1. The molecule has 1 N–H and O–H groups in total. The molecule has 1 aromatic carbocycles. The van der Waals surface area contributed by atoms with Crippen molar-refractivity contribution in [3.8, 4) is 18.2 Å². The first-order chi connectivity index (χ1) is 21.9. The van der Waals surface area contributed by atoms with Gasteiger partial charge in [-0.15, -0.1) is 6.42 Å². The molecule has 0 unspecified atom stereocenters. The van der Waals surface area contributed by atoms with Crippen molar-refractivity contribution in [1.29, 1.82) is 0 Å². The van der Waals surface area contributed by atoms with Gasteiger partial charge >= 0.3 is 12.1 Å². The number of terminal acetylenes is 1. The summed E-state index contributed by atoms with van der Waals surface area (Å²) >= 11 is 0.954. The minimum absolute atomic E-state index is 0.00706. The highest BCUT2D eigenvalue weighted by Crippen LogP contribution is 2.66. The predicted molar refractivity (Wildman–Crippen MR) is 179 cm³/mol. The highest BCUT2D eigenvalue weighted by atomic mass is 32.2. The van der Waals surface area contributed by atoms with Crippen molar-refractivity contribution in [2.75, 3.05) is 19.9 Å². The third-order valence-corrected chi connectivity index (χ3v) is 11.0. The fraction of sp³-hybridized carbons (Fsp3) is 0.515. The Morgan fingerprint density at radius 3 is 2.53 bits per heavy atom. The zero-order valence-corrected chi connectivity index (χ0v) is 29.6. The lowest BCUT2D eigenvalue weighted by Gasteiger charge is -2.37. The second-order valence-corrected chi connectivity index (χ2v) is 20.9. The number of aromatic nitrogens is 2. The van der Waals surface area contributed by atoms with Gasteiger partial charge in [-0.05, 0) is 57.9 Å². The Morgan fingerprint density at radius 1 is 1.21 bits per heavy atom. The number of fused-ring (bicyclic) bond motifs is 1. The molecule has 0 saturated heterocycles. The van der Waals surface area contributed by atoms with E-state index in [0.717, 1.165) is 17.8 Å². The molecule has 0 bridgehead atoms. The Kier molecular flexibility index (Phi) is 10.5. The molecule has 2 aromatic rings. The van der Waals surface area contributed by atoms with Gasteiger partial charge in [-0.2, -0.15) is 0 Å². The van der Waals surface area contributed by atoms with E-state index in [2.05, 4.69) is 35.5 Å². The second-order valence-electron chi connectivity index (χ2n) is 14.0. The second kappa shape index (κ2) is 13.7. The molecular formula is C33H41FN4O7SSi. The zero-order chi connectivity index (χ0) is 34.8. The zero-order valence-electron chi connectivity index (χ0n) is 27.8. The summed E-state index contributed by atoms with van der Waals surface area (Å²) in [6.45, 7) is 13.6. The molecule has 47 heavy (non-hydrogen) atoms. The summed E-state index contributed by atoms with van der Waals surface area (Å²) in [5.41, 5.74) is -1.58. The molecule has 1 aromatic heterocycles. The highest BCUT2D eigenvalue weighted by Gasteiger charge is 2.72. The number of aliphatic imine (C=N–C) groups is 1. The molecule has 4 rings (SSSR count). The number of carboxylic acid groups (broad SMARTS) is 1. The molecule has 1 fully saturated rings. The van der Waals surface area contributed by atoms with Crippen molar-refractivity contribution >= 4 is 42.8 Å². The predicted octanol–water partition coefficient (Wildman–Crippen LogP) is 5.76. The molecule has 2 heterocycles. The smallest absolute Gasteiger partial charge is 0.418 e. The number of carboxylic acids is 1. The number of hydrogen-bond acceptors (Lipinski definition) is 10. The fourth-order valence-corrected chi connectivity index (χ4v) is 7.41. The molecule has 1 amide bonds. The van der Waals surface area contributed by atoms with Gasteiger partial charge < -0.3 is 19.3 Å². The van der Waals surface area contributed by atoms with Gasteiger partial charge in [-0.25, -0.2) is 24.1 Å². The SMILES string of the molecule is C#CCOc1cnc(C(=O)Cc2ccc(F)c([C@@]3(C)N=C(N(COCC[Si](C)(C)C)C(=O)OC(C)(C)C)S[C@@]4(C(=O)O)C[C@H]43)c2)cn1. The first kappa shape index (κ1) is 36.0. The van der Waals surface area contributed by atoms with E-state index in [1.165, 1.54) is 35.5 Å². The van der Waals surface area contributed by atoms with Crippen molar-refractivity contribution in [3.63, 3.8) is 0 Å². The van der Waals surface area contributed by atoms with Crippen LogP contribution in [0, 0.1) is 24.1 Å². The number of benzene rings is 1. The maximum atomic E-state index is 15.7. The molecule has 14 heteroatoms. The van der Waals surface area contributed by atoms with Crippen molar-refractivity contribution in [3.05, 3.63) is 53.2 Å². The minimum atomic E-state index is -1.44. The van der Waals surface area contributed by atoms with Gasteiger partial charge in [0.2, 0.25) is 5.88 Å². The van der Waals surface area contributed by atoms with E-state index in [1.807, 2.05) is 0 Å². The van der Waals surface area contributed by atoms with Gasteiger partial charge in [0.15, 0.2) is 17.6 Å². The van der Waals surface area contributed by atoms with Crippen molar-refractivity contribution in [2.45, 2.75) is 82.1 Å². The van der Waals surface area contributed by atoms with Crippen LogP contribution in [-0.4, -0.2) is 81.4 Å². The number of thioether (sulfide) groups is 1. The Labute approximate surface area is 279 Å². The monoisotopic (exact) mass is 684 g/mol. The quantitative estimate of drug-likeness (QED) is 0.0964. The molecule has 3 atom stereocenters. The van der Waals surface area contributed by atoms with Crippen LogP contribution in [0.3, 0.4) is 0 Å². The number of ether oxygens (including phenoxy) is 3. The first-order valence-electron chi connectivity index (χ1n) is 15.2. The van der Waals surface area contributed by atoms with Crippen LogP contribution in [0.15, 0.2) is 35.6 Å². The number of carbonyl (C=O) groups is 3. The number of nitrogens with zero attached hydrogens (tertiary/aromatic N) is 4. The summed E-state index contributed by atoms with van der Waals surface area (Å²) in [6.07, 6.45) is 7.07. The molecule has 1 saturated carbocycles. The fourth-order valence-electron chi connectivity index (χ4n) is 5.15. The Morgan fingerprint density at radius 2 is 1.94 bits per heavy atom. The molecule has 0 spiro atoms. The van der Waals surface area contributed by atoms with Crippen LogP contribution in [0.2, 0.25) is 25.7 Å². The van der Waals surface area contributed by atoms with Gasteiger partial charge in [0, 0.05) is 32.6 Å². The molecule has 0 radical (unpaired) electrons. The van der Waals surface area contributed by atoms with Gasteiger partial charge in [-0.3, -0.25) is 14.6 Å². The summed E-state index contributed by atoms with van der Waals surface area (Å²) < 4.78 is 31.1. The van der Waals surface area contributed by atoms with E-state index in [9.17, 15) is 19.5 Å². The molecule has 2 aliphatic rings. The number of Topliss-reactive ketones (excluding diaryl/α,β-unsaturated/α-hetero) is 1. The van der Waals surface area contributed by atoms with Gasteiger partial charge in [0.05, 0.1) is 17.9 Å². The van der Waals surface area contributed by atoms with Crippen molar-refractivity contribution in [1.82, 2.24) is 14.9 Å².